The van der Waals surface area contributed by atoms with Crippen molar-refractivity contribution in [1.82, 2.24) is 10.3 Å². The van der Waals surface area contributed by atoms with Gasteiger partial charge in [-0.1, -0.05) is 18.2 Å². The second-order valence-electron chi connectivity index (χ2n) is 6.35. The number of aliphatic carboxylic acids is 1. The standard InChI is InChI=1S/C19H16N2O10/c22-14-11-7-6-10(31-9-4-2-1-3-5-9)8-12(11)15(19(28,29)30)20-13(14)16(23)21-18(26,27)17(24)25/h1-8,22,26-30H,(H,21,23)(H,24,25). The Kier molecular flexibility index (Phi) is 5.50. The predicted octanol–water partition coefficient (Wildman–Crippen LogP) is -0.727. The zero-order valence-corrected chi connectivity index (χ0v) is 15.4. The normalized spacial score (nSPS) is 11.9. The van der Waals surface area contributed by atoms with Crippen LogP contribution in [0.5, 0.6) is 17.2 Å². The third-order valence-electron chi connectivity index (χ3n) is 4.05. The van der Waals surface area contributed by atoms with Crippen molar-refractivity contribution < 1.29 is 50.1 Å². The average Bonchev–Trinajstić information content (AvgIpc) is 2.67. The molecule has 0 fully saturated rings. The fourth-order valence-corrected chi connectivity index (χ4v) is 2.65. The molecule has 1 amide bonds. The van der Waals surface area contributed by atoms with E-state index in [-0.39, 0.29) is 16.5 Å². The molecule has 0 unspecified atom stereocenters. The SMILES string of the molecule is O=C(NC(O)(O)C(=O)O)c1nc(C(O)(O)O)c2cc(Oc3ccccc3)ccc2c1O. The highest BCUT2D eigenvalue weighted by atomic mass is 16.7. The summed E-state index contributed by atoms with van der Waals surface area (Å²) in [4.78, 5) is 26.5. The lowest BCUT2D eigenvalue weighted by molar-refractivity contribution is -0.325. The number of hydrogen-bond acceptors (Lipinski definition) is 10. The molecule has 12 heteroatoms. The van der Waals surface area contributed by atoms with Crippen LogP contribution in [0.25, 0.3) is 10.8 Å². The van der Waals surface area contributed by atoms with Gasteiger partial charge in [0.05, 0.1) is 0 Å². The van der Waals surface area contributed by atoms with Gasteiger partial charge in [0.1, 0.15) is 17.2 Å². The van der Waals surface area contributed by atoms with Crippen LogP contribution in [0.4, 0.5) is 0 Å². The molecule has 162 valence electrons. The summed E-state index contributed by atoms with van der Waals surface area (Å²) in [5.41, 5.74) is -1.93. The van der Waals surface area contributed by atoms with Crippen LogP contribution in [-0.2, 0) is 10.8 Å². The number of pyridine rings is 1. The smallest absolute Gasteiger partial charge is 0.387 e. The summed E-state index contributed by atoms with van der Waals surface area (Å²) >= 11 is 0. The number of carboxylic acid groups (broad SMARTS) is 1. The van der Waals surface area contributed by atoms with E-state index >= 15 is 0 Å². The fraction of sp³-hybridized carbons (Fsp3) is 0.105. The van der Waals surface area contributed by atoms with E-state index in [1.54, 1.807) is 30.3 Å². The van der Waals surface area contributed by atoms with Gasteiger partial charge < -0.3 is 40.5 Å². The Morgan fingerprint density at radius 1 is 0.903 bits per heavy atom. The van der Waals surface area contributed by atoms with Crippen LogP contribution in [-0.4, -0.2) is 58.5 Å². The number of ether oxygens (including phenoxy) is 1. The monoisotopic (exact) mass is 432 g/mol. The summed E-state index contributed by atoms with van der Waals surface area (Å²) in [6.45, 7) is 0. The first kappa shape index (κ1) is 21.9. The largest absolute Gasteiger partial charge is 0.505 e. The molecular weight excluding hydrogens is 416 g/mol. The summed E-state index contributed by atoms with van der Waals surface area (Å²) in [5, 5.41) is 67.6. The average molecular weight is 432 g/mol. The number of aromatic hydroxyl groups is 1. The Morgan fingerprint density at radius 2 is 1.55 bits per heavy atom. The highest BCUT2D eigenvalue weighted by molar-refractivity contribution is 6.04. The number of fused-ring (bicyclic) bond motifs is 1. The molecule has 0 spiro atoms. The molecule has 2 aromatic carbocycles. The van der Waals surface area contributed by atoms with Gasteiger partial charge in [0.2, 0.25) is 0 Å². The number of nitrogens with zero attached hydrogens (tertiary/aromatic N) is 1. The number of benzene rings is 2. The third-order valence-corrected chi connectivity index (χ3v) is 4.05. The van der Waals surface area contributed by atoms with Gasteiger partial charge >= 0.3 is 17.9 Å². The van der Waals surface area contributed by atoms with E-state index in [0.717, 1.165) is 0 Å². The van der Waals surface area contributed by atoms with Gasteiger partial charge in [-0.25, -0.2) is 9.78 Å². The number of amides is 1. The lowest BCUT2D eigenvalue weighted by Crippen LogP contribution is -2.54. The van der Waals surface area contributed by atoms with Crippen LogP contribution < -0.4 is 10.1 Å². The lowest BCUT2D eigenvalue weighted by Gasteiger charge is -2.21. The van der Waals surface area contributed by atoms with E-state index < -0.39 is 40.9 Å². The van der Waals surface area contributed by atoms with Crippen molar-refractivity contribution in [3.63, 3.8) is 0 Å². The van der Waals surface area contributed by atoms with Gasteiger partial charge in [-0.15, -0.1) is 0 Å². The summed E-state index contributed by atoms with van der Waals surface area (Å²) in [6, 6.07) is 12.2. The quantitative estimate of drug-likeness (QED) is 0.228. The summed E-state index contributed by atoms with van der Waals surface area (Å²) in [6.07, 6.45) is 0. The Balaban J connectivity index is 2.13. The zero-order chi connectivity index (χ0) is 23.0. The minimum Gasteiger partial charge on any atom is -0.505 e. The van der Waals surface area contributed by atoms with E-state index in [2.05, 4.69) is 4.98 Å². The van der Waals surface area contributed by atoms with Gasteiger partial charge in [-0.2, -0.15) is 0 Å². The molecule has 0 aliphatic heterocycles. The van der Waals surface area contributed by atoms with Crippen LogP contribution in [0, 0.1) is 0 Å². The summed E-state index contributed by atoms with van der Waals surface area (Å²) < 4.78 is 5.60. The Hall–Kier alpha value is -3.81. The maximum absolute atomic E-state index is 12.2. The molecule has 0 bridgehead atoms. The van der Waals surface area contributed by atoms with Crippen LogP contribution >= 0.6 is 0 Å². The molecule has 0 aliphatic rings. The molecule has 0 atom stereocenters. The van der Waals surface area contributed by atoms with E-state index in [1.165, 1.54) is 23.5 Å². The molecule has 0 radical (unpaired) electrons. The lowest BCUT2D eigenvalue weighted by atomic mass is 10.0. The first-order valence-electron chi connectivity index (χ1n) is 8.48. The van der Waals surface area contributed by atoms with Gasteiger partial charge in [0, 0.05) is 10.8 Å². The number of hydrogen-bond donors (Lipinski definition) is 8. The van der Waals surface area contributed by atoms with Gasteiger partial charge in [-0.05, 0) is 30.3 Å². The topological polar surface area (TPSA) is 210 Å². The van der Waals surface area contributed by atoms with E-state index in [1.807, 2.05) is 0 Å². The molecule has 1 heterocycles. The molecule has 0 saturated carbocycles. The zero-order valence-electron chi connectivity index (χ0n) is 15.4. The minimum atomic E-state index is -3.71. The summed E-state index contributed by atoms with van der Waals surface area (Å²) in [7, 11) is 0. The Bertz CT molecular complexity index is 1160. The second-order valence-corrected chi connectivity index (χ2v) is 6.35. The molecule has 8 N–H and O–H groups in total. The first-order valence-corrected chi connectivity index (χ1v) is 8.48. The van der Waals surface area contributed by atoms with Crippen molar-refractivity contribution in [3.05, 3.63) is 59.9 Å². The second kappa shape index (κ2) is 7.79. The fourth-order valence-electron chi connectivity index (χ4n) is 2.65. The number of carboxylic acids is 1. The van der Waals surface area contributed by atoms with E-state index in [9.17, 15) is 40.2 Å². The van der Waals surface area contributed by atoms with Crippen molar-refractivity contribution in [2.75, 3.05) is 0 Å². The van der Waals surface area contributed by atoms with Crippen molar-refractivity contribution in [3.8, 4) is 17.2 Å². The number of rotatable bonds is 6. The minimum absolute atomic E-state index is 0.151. The molecule has 12 nitrogen and oxygen atoms in total. The maximum Gasteiger partial charge on any atom is 0.387 e. The van der Waals surface area contributed by atoms with Crippen LogP contribution in [0.15, 0.2) is 48.5 Å². The molecule has 3 aromatic rings. The molecule has 31 heavy (non-hydrogen) atoms. The predicted molar refractivity (Wildman–Crippen MR) is 101 cm³/mol. The number of aromatic nitrogens is 1. The maximum atomic E-state index is 12.2. The van der Waals surface area contributed by atoms with Gasteiger partial charge in [-0.3, -0.25) is 10.1 Å². The van der Waals surface area contributed by atoms with Crippen LogP contribution in [0.1, 0.15) is 16.2 Å². The van der Waals surface area contributed by atoms with Crippen molar-refractivity contribution >= 4 is 22.6 Å². The van der Waals surface area contributed by atoms with E-state index in [0.29, 0.717) is 5.75 Å². The van der Waals surface area contributed by atoms with Crippen molar-refractivity contribution in [2.45, 2.75) is 11.9 Å². The Labute approximate surface area is 172 Å². The molecule has 0 aliphatic carbocycles. The number of para-hydroxylation sites is 1. The highest BCUT2D eigenvalue weighted by Gasteiger charge is 2.38. The Morgan fingerprint density at radius 3 is 2.13 bits per heavy atom. The van der Waals surface area contributed by atoms with Crippen molar-refractivity contribution in [1.29, 1.82) is 0 Å². The number of aliphatic hydroxyl groups is 5. The molecule has 1 aromatic heterocycles. The van der Waals surface area contributed by atoms with Gasteiger partial charge in [0.25, 0.3) is 5.91 Å². The number of carbonyl (C=O) groups is 2. The van der Waals surface area contributed by atoms with Gasteiger partial charge in [0.15, 0.2) is 11.4 Å². The first-order chi connectivity index (χ1) is 14.4. The molecule has 3 rings (SSSR count). The molecule has 0 saturated heterocycles. The highest BCUT2D eigenvalue weighted by Crippen LogP contribution is 2.36. The number of nitrogens with one attached hydrogen (secondary N) is 1. The summed E-state index contributed by atoms with van der Waals surface area (Å²) in [5.74, 6) is -11.4. The number of carbonyl (C=O) groups excluding carboxylic acids is 1. The van der Waals surface area contributed by atoms with Crippen LogP contribution in [0.3, 0.4) is 0 Å². The van der Waals surface area contributed by atoms with E-state index in [4.69, 9.17) is 9.84 Å². The van der Waals surface area contributed by atoms with Crippen LogP contribution in [0.2, 0.25) is 0 Å². The molecular formula is C19H16N2O10. The third kappa shape index (κ3) is 4.53. The van der Waals surface area contributed by atoms with Crippen molar-refractivity contribution in [2.24, 2.45) is 0 Å².